The van der Waals surface area contributed by atoms with Crippen molar-refractivity contribution in [2.45, 2.75) is 20.5 Å². The van der Waals surface area contributed by atoms with Crippen LogP contribution in [0.4, 0.5) is 0 Å². The highest BCUT2D eigenvalue weighted by Gasteiger charge is 2.06. The molecule has 0 spiro atoms. The predicted octanol–water partition coefficient (Wildman–Crippen LogP) is 5.19. The Labute approximate surface area is 117 Å². The Morgan fingerprint density at radius 3 is 2.56 bits per heavy atom. The molecule has 0 N–H and O–H groups in total. The lowest BCUT2D eigenvalue weighted by atomic mass is 10.1. The van der Waals surface area contributed by atoms with E-state index in [4.69, 9.17) is 27.9 Å². The van der Waals surface area contributed by atoms with Crippen LogP contribution >= 0.6 is 23.2 Å². The SMILES string of the molecule is Cc1ccc(OCc2cccc(Cl)c2Cl)c(C)c1. The van der Waals surface area contributed by atoms with Crippen molar-refractivity contribution in [2.75, 3.05) is 0 Å². The van der Waals surface area contributed by atoms with E-state index in [1.54, 1.807) is 6.07 Å². The Bertz CT molecular complexity index is 564. The summed E-state index contributed by atoms with van der Waals surface area (Å²) in [7, 11) is 0. The summed E-state index contributed by atoms with van der Waals surface area (Å²) in [6, 6.07) is 11.6. The third kappa shape index (κ3) is 2.98. The van der Waals surface area contributed by atoms with Crippen molar-refractivity contribution >= 4 is 23.2 Å². The van der Waals surface area contributed by atoms with Gasteiger partial charge in [-0.15, -0.1) is 0 Å². The van der Waals surface area contributed by atoms with Crippen LogP contribution in [0, 0.1) is 13.8 Å². The summed E-state index contributed by atoms with van der Waals surface area (Å²) in [6.07, 6.45) is 0. The second-order valence-corrected chi connectivity index (χ2v) is 5.06. The number of aryl methyl sites for hydroxylation is 2. The van der Waals surface area contributed by atoms with Gasteiger partial charge in [0.25, 0.3) is 0 Å². The van der Waals surface area contributed by atoms with Crippen molar-refractivity contribution in [3.8, 4) is 5.75 Å². The Morgan fingerprint density at radius 2 is 1.83 bits per heavy atom. The fourth-order valence-electron chi connectivity index (χ4n) is 1.78. The number of benzene rings is 2. The molecule has 2 aromatic carbocycles. The van der Waals surface area contributed by atoms with Crippen molar-refractivity contribution < 1.29 is 4.74 Å². The minimum absolute atomic E-state index is 0.420. The quantitative estimate of drug-likeness (QED) is 0.752. The van der Waals surface area contributed by atoms with Gasteiger partial charge in [0.2, 0.25) is 0 Å². The van der Waals surface area contributed by atoms with Gasteiger partial charge in [-0.2, -0.15) is 0 Å². The molecule has 0 heterocycles. The molecule has 0 saturated carbocycles. The molecule has 94 valence electrons. The van der Waals surface area contributed by atoms with Gasteiger partial charge in [0, 0.05) is 5.56 Å². The van der Waals surface area contributed by atoms with Crippen molar-refractivity contribution in [2.24, 2.45) is 0 Å². The lowest BCUT2D eigenvalue weighted by molar-refractivity contribution is 0.304. The standard InChI is InChI=1S/C15H14Cl2O/c1-10-6-7-14(11(2)8-10)18-9-12-4-3-5-13(16)15(12)17/h3-8H,9H2,1-2H3. The Balaban J connectivity index is 2.14. The first-order valence-corrected chi connectivity index (χ1v) is 6.46. The molecule has 2 rings (SSSR count). The molecule has 3 heteroatoms. The number of hydrogen-bond acceptors (Lipinski definition) is 1. The number of ether oxygens (including phenoxy) is 1. The molecule has 0 aliphatic rings. The molecule has 18 heavy (non-hydrogen) atoms. The van der Waals surface area contributed by atoms with E-state index in [2.05, 4.69) is 13.0 Å². The van der Waals surface area contributed by atoms with Crippen LogP contribution in [0.2, 0.25) is 10.0 Å². The molecule has 0 unspecified atom stereocenters. The van der Waals surface area contributed by atoms with E-state index < -0.39 is 0 Å². The number of halogens is 2. The van der Waals surface area contributed by atoms with Gasteiger partial charge in [-0.25, -0.2) is 0 Å². The van der Waals surface area contributed by atoms with Crippen molar-refractivity contribution in [3.05, 3.63) is 63.1 Å². The van der Waals surface area contributed by atoms with Crippen molar-refractivity contribution in [1.29, 1.82) is 0 Å². The summed E-state index contributed by atoms with van der Waals surface area (Å²) in [4.78, 5) is 0. The van der Waals surface area contributed by atoms with E-state index in [9.17, 15) is 0 Å². The van der Waals surface area contributed by atoms with Crippen molar-refractivity contribution in [3.63, 3.8) is 0 Å². The summed E-state index contributed by atoms with van der Waals surface area (Å²) < 4.78 is 5.77. The summed E-state index contributed by atoms with van der Waals surface area (Å²) in [5, 5.41) is 1.11. The first-order valence-electron chi connectivity index (χ1n) is 5.71. The second kappa shape index (κ2) is 5.64. The highest BCUT2D eigenvalue weighted by molar-refractivity contribution is 6.42. The fourth-order valence-corrected chi connectivity index (χ4v) is 2.15. The minimum Gasteiger partial charge on any atom is -0.489 e. The van der Waals surface area contributed by atoms with Gasteiger partial charge in [0.15, 0.2) is 0 Å². The molecule has 0 aromatic heterocycles. The molecule has 0 fully saturated rings. The van der Waals surface area contributed by atoms with Crippen LogP contribution in [-0.2, 0) is 6.61 Å². The highest BCUT2D eigenvalue weighted by Crippen LogP contribution is 2.27. The molecule has 0 radical (unpaired) electrons. The average Bonchev–Trinajstić information content (AvgIpc) is 2.33. The molecular weight excluding hydrogens is 267 g/mol. The molecule has 0 aliphatic carbocycles. The van der Waals surface area contributed by atoms with Gasteiger partial charge in [-0.05, 0) is 31.5 Å². The summed E-state index contributed by atoms with van der Waals surface area (Å²) in [5.41, 5.74) is 3.23. The van der Waals surface area contributed by atoms with Gasteiger partial charge >= 0.3 is 0 Å². The smallest absolute Gasteiger partial charge is 0.122 e. The maximum atomic E-state index is 6.11. The lowest BCUT2D eigenvalue weighted by Crippen LogP contribution is -1.98. The maximum Gasteiger partial charge on any atom is 0.122 e. The average molecular weight is 281 g/mol. The third-order valence-electron chi connectivity index (χ3n) is 2.75. The molecular formula is C15H14Cl2O. The second-order valence-electron chi connectivity index (χ2n) is 4.27. The summed E-state index contributed by atoms with van der Waals surface area (Å²) >= 11 is 12.1. The zero-order valence-corrected chi connectivity index (χ0v) is 11.8. The van der Waals surface area contributed by atoms with E-state index >= 15 is 0 Å². The molecule has 0 atom stereocenters. The molecule has 1 nitrogen and oxygen atoms in total. The summed E-state index contributed by atoms with van der Waals surface area (Å²) in [6.45, 7) is 4.51. The zero-order chi connectivity index (χ0) is 13.1. The zero-order valence-electron chi connectivity index (χ0n) is 10.3. The van der Waals surface area contributed by atoms with Gasteiger partial charge < -0.3 is 4.74 Å². The minimum atomic E-state index is 0.420. The van der Waals surface area contributed by atoms with Crippen LogP contribution in [0.1, 0.15) is 16.7 Å². The van der Waals surface area contributed by atoms with Crippen LogP contribution in [0.3, 0.4) is 0 Å². The Kier molecular flexibility index (Phi) is 4.15. The van der Waals surface area contributed by atoms with Crippen LogP contribution < -0.4 is 4.74 Å². The fraction of sp³-hybridized carbons (Fsp3) is 0.200. The van der Waals surface area contributed by atoms with E-state index in [0.29, 0.717) is 16.7 Å². The first kappa shape index (κ1) is 13.3. The maximum absolute atomic E-state index is 6.11. The molecule has 0 amide bonds. The number of hydrogen-bond donors (Lipinski definition) is 0. The van der Waals surface area contributed by atoms with Crippen LogP contribution in [-0.4, -0.2) is 0 Å². The van der Waals surface area contributed by atoms with Crippen LogP contribution in [0.15, 0.2) is 36.4 Å². The molecule has 0 bridgehead atoms. The van der Waals surface area contributed by atoms with Gasteiger partial charge in [-0.1, -0.05) is 53.0 Å². The first-order chi connectivity index (χ1) is 8.58. The van der Waals surface area contributed by atoms with E-state index in [-0.39, 0.29) is 0 Å². The molecule has 0 aliphatic heterocycles. The molecule has 2 aromatic rings. The summed E-state index contributed by atoms with van der Waals surface area (Å²) in [5.74, 6) is 0.872. The predicted molar refractivity (Wildman–Crippen MR) is 76.7 cm³/mol. The monoisotopic (exact) mass is 280 g/mol. The number of rotatable bonds is 3. The van der Waals surface area contributed by atoms with Gasteiger partial charge in [0.05, 0.1) is 10.0 Å². The van der Waals surface area contributed by atoms with Crippen LogP contribution in [0.25, 0.3) is 0 Å². The Hall–Kier alpha value is -1.18. The normalized spacial score (nSPS) is 10.4. The van der Waals surface area contributed by atoms with Crippen LogP contribution in [0.5, 0.6) is 5.75 Å². The molecule has 0 saturated heterocycles. The van der Waals surface area contributed by atoms with E-state index in [0.717, 1.165) is 16.9 Å². The van der Waals surface area contributed by atoms with E-state index in [1.807, 2.05) is 31.2 Å². The van der Waals surface area contributed by atoms with Gasteiger partial charge in [-0.3, -0.25) is 0 Å². The Morgan fingerprint density at radius 1 is 1.06 bits per heavy atom. The highest BCUT2D eigenvalue weighted by atomic mass is 35.5. The van der Waals surface area contributed by atoms with E-state index in [1.165, 1.54) is 5.56 Å². The third-order valence-corrected chi connectivity index (χ3v) is 3.60. The van der Waals surface area contributed by atoms with Gasteiger partial charge in [0.1, 0.15) is 12.4 Å². The lowest BCUT2D eigenvalue weighted by Gasteiger charge is -2.11. The van der Waals surface area contributed by atoms with Crippen molar-refractivity contribution in [1.82, 2.24) is 0 Å². The largest absolute Gasteiger partial charge is 0.489 e. The topological polar surface area (TPSA) is 9.23 Å².